The van der Waals surface area contributed by atoms with Gasteiger partial charge in [0.05, 0.1) is 6.20 Å². The van der Waals surface area contributed by atoms with Crippen molar-refractivity contribution < 1.29 is 12.9 Å². The molecule has 86 valence electrons. The van der Waals surface area contributed by atoms with E-state index in [1.54, 1.807) is 6.92 Å². The van der Waals surface area contributed by atoms with Crippen LogP contribution in [-0.2, 0) is 10.0 Å². The predicted octanol–water partition coefficient (Wildman–Crippen LogP) is -0.516. The van der Waals surface area contributed by atoms with Gasteiger partial charge < -0.3 is 10.3 Å². The first-order valence-electron chi connectivity index (χ1n) is 4.11. The van der Waals surface area contributed by atoms with Crippen LogP contribution in [0.2, 0.25) is 0 Å². The Morgan fingerprint density at radius 3 is 2.81 bits per heavy atom. The quantitative estimate of drug-likeness (QED) is 0.660. The second kappa shape index (κ2) is 3.48. The van der Waals surface area contributed by atoms with Crippen molar-refractivity contribution in [3.63, 3.8) is 0 Å². The van der Waals surface area contributed by atoms with Crippen LogP contribution in [0.5, 0.6) is 0 Å². The summed E-state index contributed by atoms with van der Waals surface area (Å²) in [5.74, 6) is 0.251. The molecule has 2 rings (SSSR count). The Labute approximate surface area is 90.1 Å². The van der Waals surface area contributed by atoms with Crippen molar-refractivity contribution in [1.29, 1.82) is 0 Å². The van der Waals surface area contributed by atoms with E-state index in [0.717, 1.165) is 6.20 Å². The lowest BCUT2D eigenvalue weighted by atomic mass is 10.7. The maximum absolute atomic E-state index is 11.7. The summed E-state index contributed by atoms with van der Waals surface area (Å²) in [5, 5.41) is 9.24. The Balaban J connectivity index is 2.31. The van der Waals surface area contributed by atoms with E-state index in [-0.39, 0.29) is 16.7 Å². The number of rotatable bonds is 3. The molecule has 9 nitrogen and oxygen atoms in total. The minimum absolute atomic E-state index is 0.0660. The molecule has 0 unspecified atom stereocenters. The van der Waals surface area contributed by atoms with Gasteiger partial charge in [-0.3, -0.25) is 5.10 Å². The van der Waals surface area contributed by atoms with Gasteiger partial charge in [-0.2, -0.15) is 10.1 Å². The zero-order valence-electron chi connectivity index (χ0n) is 8.13. The molecule has 0 aliphatic carbocycles. The number of aromatic nitrogens is 4. The standard InChI is InChI=1S/C6H8N6O3S/c1-3-9-6(15-11-3)12-16(13,14)4-2-8-10-5(4)7/h2H,1H3,(H3,7,8,10)(H,9,11,12). The van der Waals surface area contributed by atoms with Gasteiger partial charge in [0.2, 0.25) is 0 Å². The third-order valence-electron chi connectivity index (χ3n) is 1.67. The van der Waals surface area contributed by atoms with Crippen LogP contribution < -0.4 is 10.5 Å². The molecule has 2 heterocycles. The second-order valence-corrected chi connectivity index (χ2v) is 4.55. The molecule has 2 aromatic heterocycles. The van der Waals surface area contributed by atoms with E-state index < -0.39 is 10.0 Å². The van der Waals surface area contributed by atoms with Gasteiger partial charge in [-0.25, -0.2) is 13.1 Å². The number of nitrogens with one attached hydrogen (secondary N) is 2. The molecule has 0 bridgehead atoms. The lowest BCUT2D eigenvalue weighted by molar-refractivity contribution is 0.429. The molecule has 0 saturated carbocycles. The normalized spacial score (nSPS) is 11.6. The zero-order chi connectivity index (χ0) is 11.8. The molecule has 0 saturated heterocycles. The third kappa shape index (κ3) is 1.82. The molecule has 0 spiro atoms. The average Bonchev–Trinajstić information content (AvgIpc) is 2.74. The van der Waals surface area contributed by atoms with Gasteiger partial charge in [0, 0.05) is 0 Å². The summed E-state index contributed by atoms with van der Waals surface area (Å²) in [6.07, 6.45) is 1.08. The van der Waals surface area contributed by atoms with E-state index in [4.69, 9.17) is 5.73 Å². The summed E-state index contributed by atoms with van der Waals surface area (Å²) < 4.78 is 30.1. The first-order chi connectivity index (χ1) is 7.49. The summed E-state index contributed by atoms with van der Waals surface area (Å²) in [4.78, 5) is 3.52. The molecule has 0 aliphatic heterocycles. The number of sulfonamides is 1. The van der Waals surface area contributed by atoms with Crippen LogP contribution in [0.1, 0.15) is 5.82 Å². The number of aryl methyl sites for hydroxylation is 1. The zero-order valence-corrected chi connectivity index (χ0v) is 8.95. The number of nitrogens with zero attached hydrogens (tertiary/aromatic N) is 3. The third-order valence-corrected chi connectivity index (χ3v) is 3.02. The Morgan fingerprint density at radius 2 is 2.31 bits per heavy atom. The summed E-state index contributed by atoms with van der Waals surface area (Å²) in [7, 11) is -3.85. The van der Waals surface area contributed by atoms with Crippen molar-refractivity contribution in [2.75, 3.05) is 10.5 Å². The van der Waals surface area contributed by atoms with Gasteiger partial charge in [0.1, 0.15) is 10.7 Å². The Morgan fingerprint density at radius 1 is 1.56 bits per heavy atom. The average molecular weight is 244 g/mol. The summed E-state index contributed by atoms with van der Waals surface area (Å²) >= 11 is 0. The predicted molar refractivity (Wildman–Crippen MR) is 52.8 cm³/mol. The van der Waals surface area contributed by atoms with Crippen LogP contribution in [0, 0.1) is 6.92 Å². The van der Waals surface area contributed by atoms with Gasteiger partial charge in [0.25, 0.3) is 10.0 Å². The minimum Gasteiger partial charge on any atom is -0.383 e. The number of nitrogens with two attached hydrogens (primary N) is 1. The van der Waals surface area contributed by atoms with Crippen molar-refractivity contribution in [1.82, 2.24) is 20.3 Å². The number of hydrogen-bond donors (Lipinski definition) is 3. The number of hydrogen-bond acceptors (Lipinski definition) is 7. The van der Waals surface area contributed by atoms with E-state index in [0.29, 0.717) is 5.82 Å². The minimum atomic E-state index is -3.85. The molecule has 0 fully saturated rings. The van der Waals surface area contributed by atoms with Crippen LogP contribution in [0.3, 0.4) is 0 Å². The van der Waals surface area contributed by atoms with E-state index in [9.17, 15) is 8.42 Å². The largest absolute Gasteiger partial charge is 0.383 e. The van der Waals surface area contributed by atoms with E-state index in [1.807, 2.05) is 0 Å². The molecule has 0 amide bonds. The van der Waals surface area contributed by atoms with Gasteiger partial charge in [0.15, 0.2) is 5.82 Å². The fourth-order valence-electron chi connectivity index (χ4n) is 1.01. The Bertz CT molecular complexity index is 599. The highest BCUT2D eigenvalue weighted by molar-refractivity contribution is 7.92. The highest BCUT2D eigenvalue weighted by Crippen LogP contribution is 2.17. The maximum Gasteiger partial charge on any atom is 0.335 e. The molecule has 0 aromatic carbocycles. The highest BCUT2D eigenvalue weighted by atomic mass is 32.2. The first-order valence-corrected chi connectivity index (χ1v) is 5.59. The van der Waals surface area contributed by atoms with Crippen molar-refractivity contribution in [2.45, 2.75) is 11.8 Å². The van der Waals surface area contributed by atoms with Crippen LogP contribution >= 0.6 is 0 Å². The fraction of sp³-hybridized carbons (Fsp3) is 0.167. The number of nitrogen functional groups attached to an aromatic ring is 1. The summed E-state index contributed by atoms with van der Waals surface area (Å²) in [6, 6.07) is -0.224. The Hall–Kier alpha value is -2.10. The van der Waals surface area contributed by atoms with Gasteiger partial charge in [-0.1, -0.05) is 5.16 Å². The molecule has 0 atom stereocenters. The van der Waals surface area contributed by atoms with Gasteiger partial charge in [-0.15, -0.1) is 0 Å². The van der Waals surface area contributed by atoms with E-state index >= 15 is 0 Å². The molecule has 10 heteroatoms. The molecular weight excluding hydrogens is 236 g/mol. The van der Waals surface area contributed by atoms with Crippen LogP contribution in [0.25, 0.3) is 0 Å². The van der Waals surface area contributed by atoms with Crippen molar-refractivity contribution in [3.8, 4) is 0 Å². The molecule has 16 heavy (non-hydrogen) atoms. The Kier molecular flexibility index (Phi) is 2.27. The van der Waals surface area contributed by atoms with Crippen LogP contribution in [0.4, 0.5) is 11.8 Å². The highest BCUT2D eigenvalue weighted by Gasteiger charge is 2.21. The van der Waals surface area contributed by atoms with Gasteiger partial charge >= 0.3 is 6.01 Å². The van der Waals surface area contributed by atoms with Crippen LogP contribution in [0.15, 0.2) is 15.6 Å². The number of aromatic amines is 1. The van der Waals surface area contributed by atoms with Gasteiger partial charge in [-0.05, 0) is 6.92 Å². The fourth-order valence-corrected chi connectivity index (χ4v) is 1.96. The molecule has 2 aromatic rings. The molecule has 4 N–H and O–H groups in total. The SMILES string of the molecule is Cc1noc(NS(=O)(=O)c2cn[nH]c2N)n1. The van der Waals surface area contributed by atoms with Crippen molar-refractivity contribution in [3.05, 3.63) is 12.0 Å². The number of H-pyrrole nitrogens is 1. The topological polar surface area (TPSA) is 140 Å². The van der Waals surface area contributed by atoms with Crippen molar-refractivity contribution >= 4 is 21.9 Å². The molecule has 0 aliphatic rings. The molecule has 0 radical (unpaired) electrons. The lowest BCUT2D eigenvalue weighted by Crippen LogP contribution is -2.14. The first kappa shape index (κ1) is 10.4. The van der Waals surface area contributed by atoms with E-state index in [1.165, 1.54) is 0 Å². The smallest absolute Gasteiger partial charge is 0.335 e. The molecular formula is C6H8N6O3S. The summed E-state index contributed by atoms with van der Waals surface area (Å²) in [5.41, 5.74) is 5.38. The number of anilines is 2. The maximum atomic E-state index is 11.7. The van der Waals surface area contributed by atoms with E-state index in [2.05, 4.69) is 29.6 Å². The summed E-state index contributed by atoms with van der Waals surface area (Å²) in [6.45, 7) is 1.56. The van der Waals surface area contributed by atoms with Crippen LogP contribution in [-0.4, -0.2) is 28.8 Å². The van der Waals surface area contributed by atoms with Crippen molar-refractivity contribution in [2.24, 2.45) is 0 Å². The lowest BCUT2D eigenvalue weighted by Gasteiger charge is -2.00. The monoisotopic (exact) mass is 244 g/mol. The second-order valence-electron chi connectivity index (χ2n) is 2.90.